The molecule has 1 saturated carbocycles. The first-order chi connectivity index (χ1) is 22.3. The Labute approximate surface area is 267 Å². The number of pyridine rings is 1. The van der Waals surface area contributed by atoms with Crippen molar-refractivity contribution in [1.82, 2.24) is 20.1 Å². The first-order valence-electron chi connectivity index (χ1n) is 16.0. The maximum atomic E-state index is 13.2. The Morgan fingerprint density at radius 1 is 1.00 bits per heavy atom. The van der Waals surface area contributed by atoms with E-state index in [2.05, 4.69) is 10.6 Å². The Morgan fingerprint density at radius 2 is 1.85 bits per heavy atom. The number of hydrogen-bond acceptors (Lipinski definition) is 7. The maximum absolute atomic E-state index is 13.2. The molecule has 1 saturated heterocycles. The van der Waals surface area contributed by atoms with Gasteiger partial charge in [-0.2, -0.15) is 0 Å². The summed E-state index contributed by atoms with van der Waals surface area (Å²) in [4.78, 5) is 53.4. The summed E-state index contributed by atoms with van der Waals surface area (Å²) in [6.07, 6.45) is 2.72. The van der Waals surface area contributed by atoms with Crippen LogP contribution in [0.2, 0.25) is 0 Å². The van der Waals surface area contributed by atoms with Crippen LogP contribution in [0.5, 0.6) is 17.2 Å². The van der Waals surface area contributed by atoms with Crippen LogP contribution in [0.4, 0.5) is 0 Å². The molecule has 11 nitrogen and oxygen atoms in total. The lowest BCUT2D eigenvalue weighted by molar-refractivity contribution is -0.137. The van der Waals surface area contributed by atoms with Crippen LogP contribution in [0, 0.1) is 12.8 Å². The molecule has 46 heavy (non-hydrogen) atoms. The second-order valence-corrected chi connectivity index (χ2v) is 12.3. The second kappa shape index (κ2) is 14.2. The monoisotopic (exact) mass is 628 g/mol. The number of nitrogens with zero attached hydrogens (tertiary/aromatic N) is 2. The van der Waals surface area contributed by atoms with Crippen molar-refractivity contribution in [3.8, 4) is 17.2 Å². The first kappa shape index (κ1) is 31.3. The quantitative estimate of drug-likeness (QED) is 0.427. The van der Waals surface area contributed by atoms with Crippen molar-refractivity contribution in [1.29, 1.82) is 0 Å². The number of amides is 3. The van der Waals surface area contributed by atoms with E-state index in [1.54, 1.807) is 33.7 Å². The summed E-state index contributed by atoms with van der Waals surface area (Å²) in [6.45, 7) is 3.88. The highest BCUT2D eigenvalue weighted by atomic mass is 16.5. The molecule has 3 aliphatic rings. The standard InChI is InChI=1S/C35H40N4O7/c1-23-4-2-7-34(42)39(23)15-12-33(41)38-14-11-31-30(20-38)37-32(40)10-13-36-35(43)26-17-28(44-21-24-8-9-24)19-29(18-26)46-27-6-3-5-25(16-27)22-45-31/h2-7,16-19,24,30-31H,8-15,20-22H2,1H3,(H,36,43)(H,37,40)/t30-,31+/m0/s1. The molecule has 2 aliphatic heterocycles. The zero-order chi connectivity index (χ0) is 32.0. The van der Waals surface area contributed by atoms with E-state index in [4.69, 9.17) is 14.2 Å². The van der Waals surface area contributed by atoms with Gasteiger partial charge in [0.15, 0.2) is 0 Å². The van der Waals surface area contributed by atoms with Crippen molar-refractivity contribution in [2.75, 3.05) is 26.2 Å². The molecular weight excluding hydrogens is 588 g/mol. The van der Waals surface area contributed by atoms with Gasteiger partial charge in [-0.3, -0.25) is 19.2 Å². The fourth-order valence-electron chi connectivity index (χ4n) is 5.82. The largest absolute Gasteiger partial charge is 0.493 e. The van der Waals surface area contributed by atoms with Crippen molar-refractivity contribution in [3.63, 3.8) is 0 Å². The molecule has 11 heteroatoms. The van der Waals surface area contributed by atoms with E-state index in [0.717, 1.165) is 24.1 Å². The van der Waals surface area contributed by atoms with Gasteiger partial charge < -0.3 is 34.3 Å². The minimum atomic E-state index is -0.446. The Balaban J connectivity index is 1.16. The van der Waals surface area contributed by atoms with E-state index < -0.39 is 6.04 Å². The van der Waals surface area contributed by atoms with Gasteiger partial charge in [-0.15, -0.1) is 0 Å². The second-order valence-electron chi connectivity index (χ2n) is 12.3. The van der Waals surface area contributed by atoms with Crippen LogP contribution in [0.25, 0.3) is 0 Å². The van der Waals surface area contributed by atoms with E-state index >= 15 is 0 Å². The van der Waals surface area contributed by atoms with Crippen LogP contribution < -0.4 is 25.7 Å². The van der Waals surface area contributed by atoms with E-state index in [1.165, 1.54) is 6.07 Å². The van der Waals surface area contributed by atoms with Crippen LogP contribution in [0.15, 0.2) is 65.5 Å². The van der Waals surface area contributed by atoms with Gasteiger partial charge in [0.05, 0.1) is 25.4 Å². The number of hydrogen-bond donors (Lipinski definition) is 2. The van der Waals surface area contributed by atoms with Crippen molar-refractivity contribution in [2.45, 2.75) is 64.3 Å². The Bertz CT molecular complexity index is 1650. The molecule has 2 fully saturated rings. The number of nitrogens with one attached hydrogen (secondary N) is 2. The van der Waals surface area contributed by atoms with Crippen LogP contribution >= 0.6 is 0 Å². The summed E-state index contributed by atoms with van der Waals surface area (Å²) < 4.78 is 20.1. The lowest BCUT2D eigenvalue weighted by Crippen LogP contribution is -2.57. The fourth-order valence-corrected chi connectivity index (χ4v) is 5.82. The Morgan fingerprint density at radius 3 is 2.67 bits per heavy atom. The minimum Gasteiger partial charge on any atom is -0.493 e. The molecule has 2 atom stereocenters. The molecule has 3 amide bonds. The van der Waals surface area contributed by atoms with Gasteiger partial charge in [0.25, 0.3) is 11.5 Å². The third-order valence-corrected chi connectivity index (χ3v) is 8.63. The SMILES string of the molecule is Cc1cccc(=O)n1CCC(=O)N1CC[C@H]2OCc3cccc(c3)Oc3cc(OCC4CC4)cc(c3)C(=O)NCCC(=O)N[C@H]2C1. The van der Waals surface area contributed by atoms with Gasteiger partial charge in [-0.05, 0) is 68.0 Å². The van der Waals surface area contributed by atoms with Crippen molar-refractivity contribution in [2.24, 2.45) is 5.92 Å². The van der Waals surface area contributed by atoms with Crippen molar-refractivity contribution < 1.29 is 28.6 Å². The number of fused-ring (bicyclic) bond motifs is 5. The van der Waals surface area contributed by atoms with Gasteiger partial charge in [0, 0.05) is 62.4 Å². The normalized spacial score (nSPS) is 20.4. The molecule has 242 valence electrons. The van der Waals surface area contributed by atoms with Gasteiger partial charge in [0.1, 0.15) is 17.2 Å². The lowest BCUT2D eigenvalue weighted by atomic mass is 10.0. The number of benzene rings is 2. The van der Waals surface area contributed by atoms with Crippen molar-refractivity contribution in [3.05, 3.63) is 87.8 Å². The van der Waals surface area contributed by atoms with Crippen LogP contribution in [-0.2, 0) is 27.5 Å². The molecule has 2 aromatic carbocycles. The highest BCUT2D eigenvalue weighted by Crippen LogP contribution is 2.32. The van der Waals surface area contributed by atoms with Crippen LogP contribution in [0.3, 0.4) is 0 Å². The molecule has 2 N–H and O–H groups in total. The van der Waals surface area contributed by atoms with E-state index in [0.29, 0.717) is 48.3 Å². The fraction of sp³-hybridized carbons (Fsp3) is 0.429. The van der Waals surface area contributed by atoms with Crippen LogP contribution in [-0.4, -0.2) is 65.6 Å². The molecule has 0 radical (unpaired) electrons. The average molecular weight is 629 g/mol. The molecule has 3 heterocycles. The molecule has 0 spiro atoms. The van der Waals surface area contributed by atoms with Gasteiger partial charge in [-0.25, -0.2) is 0 Å². The zero-order valence-corrected chi connectivity index (χ0v) is 26.0. The molecule has 1 aliphatic carbocycles. The zero-order valence-electron chi connectivity index (χ0n) is 26.0. The third kappa shape index (κ3) is 8.14. The number of carbonyl (C=O) groups is 3. The third-order valence-electron chi connectivity index (χ3n) is 8.63. The predicted octanol–water partition coefficient (Wildman–Crippen LogP) is 3.56. The molecule has 3 aromatic rings. The molecule has 1 aromatic heterocycles. The van der Waals surface area contributed by atoms with Crippen LogP contribution in [0.1, 0.15) is 53.7 Å². The highest BCUT2D eigenvalue weighted by molar-refractivity contribution is 5.95. The topological polar surface area (TPSA) is 128 Å². The number of piperidine rings is 1. The first-order valence-corrected chi connectivity index (χ1v) is 16.0. The summed E-state index contributed by atoms with van der Waals surface area (Å²) in [6, 6.07) is 17.3. The number of aryl methyl sites for hydroxylation is 1. The number of likely N-dealkylation sites (tertiary alicyclic amines) is 1. The number of rotatable bonds is 6. The van der Waals surface area contributed by atoms with E-state index in [9.17, 15) is 19.2 Å². The maximum Gasteiger partial charge on any atom is 0.251 e. The van der Waals surface area contributed by atoms with Gasteiger partial charge >= 0.3 is 0 Å². The molecule has 6 rings (SSSR count). The van der Waals surface area contributed by atoms with Gasteiger partial charge in [-0.1, -0.05) is 18.2 Å². The van der Waals surface area contributed by atoms with E-state index in [-0.39, 0.29) is 68.5 Å². The molecular formula is C35H40N4O7. The molecule has 0 unspecified atom stereocenters. The summed E-state index contributed by atoms with van der Waals surface area (Å²) in [5.41, 5.74) is 1.91. The predicted molar refractivity (Wildman–Crippen MR) is 170 cm³/mol. The number of ether oxygens (including phenoxy) is 3. The average Bonchev–Trinajstić information content (AvgIpc) is 3.87. The number of aromatic nitrogens is 1. The Kier molecular flexibility index (Phi) is 9.68. The van der Waals surface area contributed by atoms with Crippen molar-refractivity contribution >= 4 is 17.7 Å². The highest BCUT2D eigenvalue weighted by Gasteiger charge is 2.33. The minimum absolute atomic E-state index is 0.0567. The lowest BCUT2D eigenvalue weighted by Gasteiger charge is -2.39. The Hall–Kier alpha value is -4.64. The number of carbonyl (C=O) groups excluding carboxylic acids is 3. The summed E-state index contributed by atoms with van der Waals surface area (Å²) in [5, 5.41) is 5.88. The summed E-state index contributed by atoms with van der Waals surface area (Å²) >= 11 is 0. The van der Waals surface area contributed by atoms with E-state index in [1.807, 2.05) is 37.3 Å². The molecule has 4 bridgehead atoms. The van der Waals surface area contributed by atoms with Gasteiger partial charge in [0.2, 0.25) is 11.8 Å². The summed E-state index contributed by atoms with van der Waals surface area (Å²) in [7, 11) is 0. The summed E-state index contributed by atoms with van der Waals surface area (Å²) in [5.74, 6) is 1.49. The smallest absolute Gasteiger partial charge is 0.251 e.